The van der Waals surface area contributed by atoms with Gasteiger partial charge in [-0.1, -0.05) is 0 Å². The van der Waals surface area contributed by atoms with Gasteiger partial charge < -0.3 is 14.8 Å². The van der Waals surface area contributed by atoms with Crippen molar-refractivity contribution in [2.45, 2.75) is 11.5 Å². The zero-order chi connectivity index (χ0) is 9.97. The average molecular weight is 214 g/mol. The maximum atomic E-state index is 10.9. The van der Waals surface area contributed by atoms with E-state index in [-0.39, 0.29) is 23.8 Å². The first-order valence-corrected chi connectivity index (χ1v) is 5.28. The lowest BCUT2D eigenvalue weighted by molar-refractivity contribution is 0.0322. The van der Waals surface area contributed by atoms with Gasteiger partial charge in [-0.3, -0.25) is 0 Å². The van der Waals surface area contributed by atoms with Gasteiger partial charge in [0.25, 0.3) is 0 Å². The van der Waals surface area contributed by atoms with Crippen molar-refractivity contribution in [3.8, 4) is 0 Å². The summed E-state index contributed by atoms with van der Waals surface area (Å²) in [4.78, 5) is 17.2. The number of thioether (sulfide) groups is 1. The van der Waals surface area contributed by atoms with E-state index in [0.29, 0.717) is 5.69 Å². The molecule has 14 heavy (non-hydrogen) atoms. The van der Waals surface area contributed by atoms with E-state index >= 15 is 0 Å². The zero-order valence-electron chi connectivity index (χ0n) is 7.34. The van der Waals surface area contributed by atoms with Crippen molar-refractivity contribution in [3.63, 3.8) is 0 Å². The fraction of sp³-hybridized carbons (Fsp3) is 0.500. The second-order valence-corrected chi connectivity index (χ2v) is 4.08. The first-order chi connectivity index (χ1) is 6.79. The van der Waals surface area contributed by atoms with Crippen LogP contribution in [0.3, 0.4) is 0 Å². The summed E-state index contributed by atoms with van der Waals surface area (Å²) in [5, 5.41) is 8.85. The number of aliphatic hydroxyl groups excluding tert-OH is 1. The molecule has 2 unspecified atom stereocenters. The highest BCUT2D eigenvalue weighted by Crippen LogP contribution is 2.33. The number of nitrogens with one attached hydrogen (secondary N) is 1. The number of ether oxygens (including phenoxy) is 1. The Hall–Kier alpha value is -0.850. The van der Waals surface area contributed by atoms with Crippen LogP contribution in [0.5, 0.6) is 0 Å². The lowest BCUT2D eigenvalue weighted by atomic mass is 10.3. The summed E-state index contributed by atoms with van der Waals surface area (Å²) in [6, 6.07) is 1.71. The number of aromatic nitrogens is 2. The fourth-order valence-electron chi connectivity index (χ4n) is 1.27. The van der Waals surface area contributed by atoms with Crippen molar-refractivity contribution >= 4 is 11.8 Å². The van der Waals surface area contributed by atoms with Crippen molar-refractivity contribution in [2.75, 3.05) is 12.4 Å². The Kier molecular flexibility index (Phi) is 2.85. The first kappa shape index (κ1) is 9.70. The second kappa shape index (κ2) is 4.12. The van der Waals surface area contributed by atoms with E-state index in [1.54, 1.807) is 12.3 Å². The normalized spacial score (nSPS) is 26.6. The molecule has 2 heterocycles. The molecule has 0 aromatic carbocycles. The van der Waals surface area contributed by atoms with Crippen molar-refractivity contribution in [1.82, 2.24) is 9.97 Å². The van der Waals surface area contributed by atoms with Crippen LogP contribution in [-0.2, 0) is 4.74 Å². The molecule has 1 aliphatic rings. The zero-order valence-corrected chi connectivity index (χ0v) is 8.16. The molecule has 0 radical (unpaired) electrons. The average Bonchev–Trinajstić information content (AvgIpc) is 2.66. The molecule has 0 spiro atoms. The number of hydrogen-bond donors (Lipinski definition) is 2. The monoisotopic (exact) mass is 214 g/mol. The maximum Gasteiger partial charge on any atom is 0.345 e. The van der Waals surface area contributed by atoms with Crippen LogP contribution in [0.2, 0.25) is 0 Å². The van der Waals surface area contributed by atoms with Gasteiger partial charge in [0.1, 0.15) is 11.5 Å². The molecule has 5 nitrogen and oxygen atoms in total. The summed E-state index contributed by atoms with van der Waals surface area (Å²) in [5.41, 5.74) is 0.0573. The van der Waals surface area contributed by atoms with E-state index in [9.17, 15) is 4.79 Å². The van der Waals surface area contributed by atoms with Crippen LogP contribution < -0.4 is 5.69 Å². The predicted octanol–water partition coefficient (Wildman–Crippen LogP) is -0.107. The minimum atomic E-state index is -0.372. The summed E-state index contributed by atoms with van der Waals surface area (Å²) < 4.78 is 5.45. The van der Waals surface area contributed by atoms with E-state index in [2.05, 4.69) is 9.97 Å². The minimum absolute atomic E-state index is 0.00957. The summed E-state index contributed by atoms with van der Waals surface area (Å²) in [6.45, 7) is -0.00957. The molecule has 0 amide bonds. The van der Waals surface area contributed by atoms with Crippen LogP contribution in [0.1, 0.15) is 11.8 Å². The summed E-state index contributed by atoms with van der Waals surface area (Å²) in [6.07, 6.45) is 1.37. The maximum absolute atomic E-state index is 10.9. The lowest BCUT2D eigenvalue weighted by Gasteiger charge is -2.08. The molecule has 0 saturated carbocycles. The lowest BCUT2D eigenvalue weighted by Crippen LogP contribution is -2.16. The van der Waals surface area contributed by atoms with E-state index in [4.69, 9.17) is 9.84 Å². The third kappa shape index (κ3) is 1.97. The van der Waals surface area contributed by atoms with E-state index in [1.807, 2.05) is 0 Å². The molecule has 0 bridgehead atoms. The van der Waals surface area contributed by atoms with Crippen LogP contribution in [0.25, 0.3) is 0 Å². The number of hydrogen-bond acceptors (Lipinski definition) is 5. The summed E-state index contributed by atoms with van der Waals surface area (Å²) >= 11 is 1.53. The molecular weight excluding hydrogens is 204 g/mol. The van der Waals surface area contributed by atoms with Gasteiger partial charge in [0, 0.05) is 11.9 Å². The first-order valence-electron chi connectivity index (χ1n) is 4.23. The number of rotatable bonds is 2. The van der Waals surface area contributed by atoms with Gasteiger partial charge >= 0.3 is 5.69 Å². The van der Waals surface area contributed by atoms with Crippen LogP contribution in [-0.4, -0.2) is 32.9 Å². The van der Waals surface area contributed by atoms with Crippen LogP contribution in [0, 0.1) is 0 Å². The third-order valence-electron chi connectivity index (χ3n) is 1.92. The van der Waals surface area contributed by atoms with Gasteiger partial charge in [-0.05, 0) is 6.07 Å². The van der Waals surface area contributed by atoms with E-state index in [1.165, 1.54) is 11.8 Å². The summed E-state index contributed by atoms with van der Waals surface area (Å²) in [7, 11) is 0. The minimum Gasteiger partial charge on any atom is -0.393 e. The predicted molar refractivity (Wildman–Crippen MR) is 52.0 cm³/mol. The largest absolute Gasteiger partial charge is 0.393 e. The van der Waals surface area contributed by atoms with Gasteiger partial charge in [-0.15, -0.1) is 11.8 Å². The van der Waals surface area contributed by atoms with E-state index in [0.717, 1.165) is 5.75 Å². The molecule has 1 aromatic rings. The van der Waals surface area contributed by atoms with Crippen LogP contribution in [0.4, 0.5) is 0 Å². The highest BCUT2D eigenvalue weighted by molar-refractivity contribution is 8.00. The Morgan fingerprint density at radius 2 is 2.64 bits per heavy atom. The molecule has 2 rings (SSSR count). The standard InChI is InChI=1S/C8H10N2O3S/c11-3-7-13-6(4-14-7)5-1-2-9-8(12)10-5/h1-2,6-7,11H,3-4H2,(H,9,10,12). The third-order valence-corrected chi connectivity index (χ3v) is 3.05. The second-order valence-electron chi connectivity index (χ2n) is 2.89. The Morgan fingerprint density at radius 3 is 3.29 bits per heavy atom. The summed E-state index contributed by atoms with van der Waals surface area (Å²) in [5.74, 6) is 0.724. The van der Waals surface area contributed by atoms with Crippen molar-refractivity contribution < 1.29 is 9.84 Å². The van der Waals surface area contributed by atoms with Crippen molar-refractivity contribution in [2.24, 2.45) is 0 Å². The highest BCUT2D eigenvalue weighted by Gasteiger charge is 2.27. The van der Waals surface area contributed by atoms with Gasteiger partial charge in [0.15, 0.2) is 0 Å². The van der Waals surface area contributed by atoms with Crippen molar-refractivity contribution in [3.05, 3.63) is 28.4 Å². The Morgan fingerprint density at radius 1 is 1.79 bits per heavy atom. The Labute approximate surface area is 84.5 Å². The van der Waals surface area contributed by atoms with Gasteiger partial charge in [-0.2, -0.15) is 4.98 Å². The number of H-pyrrole nitrogens is 1. The smallest absolute Gasteiger partial charge is 0.345 e. The Balaban J connectivity index is 2.13. The molecule has 2 N–H and O–H groups in total. The van der Waals surface area contributed by atoms with Gasteiger partial charge in [0.05, 0.1) is 12.3 Å². The quantitative estimate of drug-likeness (QED) is 0.718. The molecule has 76 valence electrons. The fourth-order valence-corrected chi connectivity index (χ4v) is 2.23. The molecule has 2 atom stereocenters. The van der Waals surface area contributed by atoms with Gasteiger partial charge in [0.2, 0.25) is 0 Å². The molecule has 0 aliphatic carbocycles. The SMILES string of the molecule is O=c1nc(C2CSC(CO)O2)cc[nH]1. The number of aliphatic hydroxyl groups is 1. The van der Waals surface area contributed by atoms with Crippen LogP contribution in [0.15, 0.2) is 17.1 Å². The molecule has 6 heteroatoms. The number of aromatic amines is 1. The topological polar surface area (TPSA) is 75.2 Å². The molecular formula is C8H10N2O3S. The molecule has 1 aromatic heterocycles. The number of nitrogens with zero attached hydrogens (tertiary/aromatic N) is 1. The molecule has 1 aliphatic heterocycles. The Bertz CT molecular complexity index is 368. The highest BCUT2D eigenvalue weighted by atomic mass is 32.2. The molecule has 1 saturated heterocycles. The van der Waals surface area contributed by atoms with Gasteiger partial charge in [-0.25, -0.2) is 4.79 Å². The van der Waals surface area contributed by atoms with Crippen LogP contribution >= 0.6 is 11.8 Å². The van der Waals surface area contributed by atoms with E-state index < -0.39 is 0 Å². The van der Waals surface area contributed by atoms with Crippen molar-refractivity contribution in [1.29, 1.82) is 0 Å². The molecule has 1 fully saturated rings.